The van der Waals surface area contributed by atoms with E-state index in [1.807, 2.05) is 12.1 Å². The van der Waals surface area contributed by atoms with Crippen LogP contribution in [0.15, 0.2) is 24.3 Å². The van der Waals surface area contributed by atoms with E-state index in [0.29, 0.717) is 18.7 Å². The molecule has 0 unspecified atom stereocenters. The van der Waals surface area contributed by atoms with Crippen molar-refractivity contribution in [3.05, 3.63) is 29.8 Å². The maximum atomic E-state index is 12.1. The van der Waals surface area contributed by atoms with E-state index in [1.165, 1.54) is 7.05 Å². The Labute approximate surface area is 122 Å². The van der Waals surface area contributed by atoms with Crippen molar-refractivity contribution in [3.63, 3.8) is 0 Å². The molecular weight excluding hydrogens is 283 g/mol. The van der Waals surface area contributed by atoms with Crippen molar-refractivity contribution in [1.29, 1.82) is 0 Å². The quantitative estimate of drug-likeness (QED) is 0.813. The third-order valence-corrected chi connectivity index (χ3v) is 2.90. The molecule has 21 heavy (non-hydrogen) atoms. The average Bonchev–Trinajstić information content (AvgIpc) is 2.37. The van der Waals surface area contributed by atoms with Gasteiger partial charge in [0, 0.05) is 18.7 Å². The maximum absolute atomic E-state index is 12.1. The van der Waals surface area contributed by atoms with Gasteiger partial charge < -0.3 is 11.1 Å². The van der Waals surface area contributed by atoms with Gasteiger partial charge in [0.1, 0.15) is 0 Å². The Morgan fingerprint density at radius 3 is 2.62 bits per heavy atom. The van der Waals surface area contributed by atoms with Gasteiger partial charge in [0.2, 0.25) is 5.91 Å². The van der Waals surface area contributed by atoms with Crippen molar-refractivity contribution in [2.75, 3.05) is 25.5 Å². The molecule has 7 heteroatoms. The van der Waals surface area contributed by atoms with Crippen LogP contribution in [0.1, 0.15) is 18.4 Å². The molecule has 1 aromatic rings. The number of carbonyl (C=O) groups is 1. The van der Waals surface area contributed by atoms with Crippen LogP contribution in [-0.2, 0) is 11.3 Å². The van der Waals surface area contributed by atoms with Crippen LogP contribution in [0.2, 0.25) is 0 Å². The number of nitrogens with two attached hydrogens (primary N) is 1. The second-order valence-corrected chi connectivity index (χ2v) is 4.87. The molecule has 0 saturated heterocycles. The first-order chi connectivity index (χ1) is 9.81. The molecule has 3 N–H and O–H groups in total. The monoisotopic (exact) mass is 303 g/mol. The van der Waals surface area contributed by atoms with Gasteiger partial charge in [0.25, 0.3) is 0 Å². The summed E-state index contributed by atoms with van der Waals surface area (Å²) >= 11 is 0. The highest BCUT2D eigenvalue weighted by Crippen LogP contribution is 2.16. The molecule has 0 aliphatic heterocycles. The lowest BCUT2D eigenvalue weighted by molar-refractivity contribution is -0.143. The fraction of sp³-hybridized carbons (Fsp3) is 0.500. The smallest absolute Gasteiger partial charge is 0.326 e. The Bertz CT molecular complexity index is 463. The first kappa shape index (κ1) is 17.5. The molecule has 1 aromatic carbocycles. The SMILES string of the molecule is CN(CCCC(=O)Nc1ccccc1CN)CC(F)(F)F. The van der Waals surface area contributed by atoms with Crippen LogP contribution in [0.3, 0.4) is 0 Å². The van der Waals surface area contributed by atoms with E-state index < -0.39 is 12.7 Å². The van der Waals surface area contributed by atoms with Gasteiger partial charge in [-0.1, -0.05) is 18.2 Å². The van der Waals surface area contributed by atoms with Gasteiger partial charge in [-0.25, -0.2) is 0 Å². The van der Waals surface area contributed by atoms with Crippen LogP contribution < -0.4 is 11.1 Å². The summed E-state index contributed by atoms with van der Waals surface area (Å²) in [6, 6.07) is 7.17. The highest BCUT2D eigenvalue weighted by atomic mass is 19.4. The molecular formula is C14H20F3N3O. The lowest BCUT2D eigenvalue weighted by Gasteiger charge is -2.18. The van der Waals surface area contributed by atoms with Crippen molar-refractivity contribution in [3.8, 4) is 0 Å². The van der Waals surface area contributed by atoms with Gasteiger partial charge in [-0.2, -0.15) is 13.2 Å². The summed E-state index contributed by atoms with van der Waals surface area (Å²) < 4.78 is 36.4. The molecule has 1 amide bonds. The van der Waals surface area contributed by atoms with Crippen LogP contribution in [0.25, 0.3) is 0 Å². The first-order valence-corrected chi connectivity index (χ1v) is 6.65. The lowest BCUT2D eigenvalue weighted by atomic mass is 10.1. The predicted molar refractivity (Wildman–Crippen MR) is 75.7 cm³/mol. The lowest BCUT2D eigenvalue weighted by Crippen LogP contribution is -2.32. The molecule has 1 rings (SSSR count). The molecule has 0 aliphatic rings. The third-order valence-electron chi connectivity index (χ3n) is 2.90. The number of hydrogen-bond donors (Lipinski definition) is 2. The Kier molecular flexibility index (Phi) is 6.64. The second-order valence-electron chi connectivity index (χ2n) is 4.87. The predicted octanol–water partition coefficient (Wildman–Crippen LogP) is 2.36. The molecule has 0 heterocycles. The summed E-state index contributed by atoms with van der Waals surface area (Å²) in [5.74, 6) is -0.226. The molecule has 0 spiro atoms. The fourth-order valence-electron chi connectivity index (χ4n) is 1.93. The Hall–Kier alpha value is -1.60. The van der Waals surface area contributed by atoms with Crippen molar-refractivity contribution in [2.45, 2.75) is 25.6 Å². The number of anilines is 1. The minimum atomic E-state index is -4.21. The highest BCUT2D eigenvalue weighted by Gasteiger charge is 2.28. The highest BCUT2D eigenvalue weighted by molar-refractivity contribution is 5.91. The minimum Gasteiger partial charge on any atom is -0.326 e. The summed E-state index contributed by atoms with van der Waals surface area (Å²) in [4.78, 5) is 12.9. The number of para-hydroxylation sites is 1. The topological polar surface area (TPSA) is 58.4 Å². The van der Waals surface area contributed by atoms with Gasteiger partial charge in [0.15, 0.2) is 0 Å². The molecule has 0 aromatic heterocycles. The van der Waals surface area contributed by atoms with Crippen LogP contribution >= 0.6 is 0 Å². The van der Waals surface area contributed by atoms with Gasteiger partial charge in [-0.3, -0.25) is 9.69 Å². The van der Waals surface area contributed by atoms with Crippen molar-refractivity contribution in [1.82, 2.24) is 4.90 Å². The fourth-order valence-corrected chi connectivity index (χ4v) is 1.93. The van der Waals surface area contributed by atoms with Gasteiger partial charge in [-0.15, -0.1) is 0 Å². The van der Waals surface area contributed by atoms with E-state index in [4.69, 9.17) is 5.73 Å². The van der Waals surface area contributed by atoms with E-state index >= 15 is 0 Å². The van der Waals surface area contributed by atoms with Crippen molar-refractivity contribution >= 4 is 11.6 Å². The first-order valence-electron chi connectivity index (χ1n) is 6.65. The van der Waals surface area contributed by atoms with E-state index in [-0.39, 0.29) is 18.9 Å². The summed E-state index contributed by atoms with van der Waals surface area (Å²) in [5.41, 5.74) is 7.03. The number of hydrogen-bond acceptors (Lipinski definition) is 3. The largest absolute Gasteiger partial charge is 0.401 e. The van der Waals surface area contributed by atoms with E-state index in [0.717, 1.165) is 10.5 Å². The van der Waals surface area contributed by atoms with Crippen molar-refractivity contribution in [2.24, 2.45) is 5.73 Å². The molecule has 0 aliphatic carbocycles. The molecule has 0 atom stereocenters. The number of benzene rings is 1. The number of rotatable bonds is 7. The summed E-state index contributed by atoms with van der Waals surface area (Å²) in [6.07, 6.45) is -3.68. The van der Waals surface area contributed by atoms with Crippen LogP contribution in [-0.4, -0.2) is 37.1 Å². The van der Waals surface area contributed by atoms with E-state index in [2.05, 4.69) is 5.32 Å². The molecule has 0 radical (unpaired) electrons. The Balaban J connectivity index is 2.35. The average molecular weight is 303 g/mol. The van der Waals surface area contributed by atoms with Gasteiger partial charge in [0.05, 0.1) is 6.54 Å². The van der Waals surface area contributed by atoms with Gasteiger partial charge in [-0.05, 0) is 31.6 Å². The molecule has 118 valence electrons. The van der Waals surface area contributed by atoms with Crippen LogP contribution in [0.5, 0.6) is 0 Å². The Morgan fingerprint density at radius 2 is 2.00 bits per heavy atom. The number of halogens is 3. The molecule has 0 fully saturated rings. The summed E-state index contributed by atoms with van der Waals surface area (Å²) in [5, 5.41) is 2.72. The van der Waals surface area contributed by atoms with E-state index in [9.17, 15) is 18.0 Å². The van der Waals surface area contributed by atoms with Crippen molar-refractivity contribution < 1.29 is 18.0 Å². The zero-order chi connectivity index (χ0) is 15.9. The number of carbonyl (C=O) groups excluding carboxylic acids is 1. The van der Waals surface area contributed by atoms with Crippen LogP contribution in [0.4, 0.5) is 18.9 Å². The molecule has 0 bridgehead atoms. The molecule has 0 saturated carbocycles. The standard InChI is InChI=1S/C14H20F3N3O/c1-20(10-14(15,16)17)8-4-7-13(21)19-12-6-3-2-5-11(12)9-18/h2-3,5-6H,4,7-10,18H2,1H3,(H,19,21). The summed E-state index contributed by atoms with van der Waals surface area (Å²) in [6.45, 7) is -0.444. The van der Waals surface area contributed by atoms with Gasteiger partial charge >= 0.3 is 6.18 Å². The zero-order valence-electron chi connectivity index (χ0n) is 11.9. The number of nitrogens with one attached hydrogen (secondary N) is 1. The normalized spacial score (nSPS) is 11.7. The maximum Gasteiger partial charge on any atom is 0.401 e. The minimum absolute atomic E-state index is 0.168. The second kappa shape index (κ2) is 7.99. The third kappa shape index (κ3) is 7.10. The number of alkyl halides is 3. The van der Waals surface area contributed by atoms with E-state index in [1.54, 1.807) is 12.1 Å². The zero-order valence-corrected chi connectivity index (χ0v) is 11.9. The summed E-state index contributed by atoms with van der Waals surface area (Å²) in [7, 11) is 1.38. The number of amides is 1. The van der Waals surface area contributed by atoms with Crippen LogP contribution in [0, 0.1) is 0 Å². The molecule has 4 nitrogen and oxygen atoms in total. The Morgan fingerprint density at radius 1 is 1.33 bits per heavy atom. The number of nitrogens with zero attached hydrogens (tertiary/aromatic N) is 1.